The molecule has 0 aliphatic heterocycles. The highest BCUT2D eigenvalue weighted by Crippen LogP contribution is 2.09. The molecular formula is C11H13F2NO4S. The normalized spacial score (nSPS) is 11.5. The van der Waals surface area contributed by atoms with E-state index in [1.165, 1.54) is 0 Å². The van der Waals surface area contributed by atoms with Crippen LogP contribution in [0.25, 0.3) is 0 Å². The fourth-order valence-corrected chi connectivity index (χ4v) is 2.40. The highest BCUT2D eigenvalue weighted by Gasteiger charge is 2.12. The third-order valence-electron chi connectivity index (χ3n) is 2.29. The molecule has 0 aliphatic rings. The Labute approximate surface area is 109 Å². The molecule has 0 amide bonds. The van der Waals surface area contributed by atoms with Gasteiger partial charge in [-0.2, -0.15) is 0 Å². The Morgan fingerprint density at radius 1 is 1.32 bits per heavy atom. The summed E-state index contributed by atoms with van der Waals surface area (Å²) in [5.74, 6) is -2.85. The summed E-state index contributed by atoms with van der Waals surface area (Å²) in [4.78, 5) is 10.2. The van der Waals surface area contributed by atoms with E-state index in [2.05, 4.69) is 4.72 Å². The summed E-state index contributed by atoms with van der Waals surface area (Å²) < 4.78 is 51.1. The molecule has 1 aromatic carbocycles. The Balaban J connectivity index is 2.55. The molecule has 0 aromatic heterocycles. The van der Waals surface area contributed by atoms with E-state index in [1.807, 2.05) is 0 Å². The fraction of sp³-hybridized carbons (Fsp3) is 0.364. The van der Waals surface area contributed by atoms with Crippen LogP contribution < -0.4 is 4.72 Å². The molecule has 0 spiro atoms. The predicted octanol–water partition coefficient (Wildman–Crippen LogP) is 1.25. The van der Waals surface area contributed by atoms with E-state index in [0.717, 1.165) is 18.2 Å². The zero-order valence-corrected chi connectivity index (χ0v) is 10.7. The predicted molar refractivity (Wildman–Crippen MR) is 63.9 cm³/mol. The monoisotopic (exact) mass is 293 g/mol. The van der Waals surface area contributed by atoms with E-state index in [4.69, 9.17) is 5.11 Å². The van der Waals surface area contributed by atoms with E-state index in [1.54, 1.807) is 0 Å². The lowest BCUT2D eigenvalue weighted by atomic mass is 10.2. The number of benzene rings is 1. The lowest BCUT2D eigenvalue weighted by molar-refractivity contribution is -0.137. The van der Waals surface area contributed by atoms with Gasteiger partial charge in [-0.1, -0.05) is 0 Å². The summed E-state index contributed by atoms with van der Waals surface area (Å²) in [5.41, 5.74) is -0.109. The summed E-state index contributed by atoms with van der Waals surface area (Å²) in [7, 11) is -3.71. The number of hydrogen-bond acceptors (Lipinski definition) is 3. The average Bonchev–Trinajstić information content (AvgIpc) is 2.30. The second-order valence-corrected chi connectivity index (χ2v) is 5.80. The number of halogens is 2. The smallest absolute Gasteiger partial charge is 0.303 e. The molecule has 19 heavy (non-hydrogen) atoms. The minimum atomic E-state index is -3.71. The first-order valence-electron chi connectivity index (χ1n) is 5.43. The Morgan fingerprint density at radius 2 is 2.00 bits per heavy atom. The third-order valence-corrected chi connectivity index (χ3v) is 3.70. The minimum absolute atomic E-state index is 0.0453. The molecule has 0 saturated heterocycles. The fourth-order valence-electron chi connectivity index (χ4n) is 1.35. The maximum Gasteiger partial charge on any atom is 0.303 e. The molecule has 0 saturated carbocycles. The van der Waals surface area contributed by atoms with Crippen molar-refractivity contribution >= 4 is 16.0 Å². The first-order valence-corrected chi connectivity index (χ1v) is 7.08. The molecule has 8 heteroatoms. The van der Waals surface area contributed by atoms with Gasteiger partial charge in [-0.25, -0.2) is 21.9 Å². The van der Waals surface area contributed by atoms with Crippen molar-refractivity contribution in [3.63, 3.8) is 0 Å². The van der Waals surface area contributed by atoms with Crippen molar-refractivity contribution in [2.75, 3.05) is 5.75 Å². The highest BCUT2D eigenvalue weighted by molar-refractivity contribution is 7.89. The standard InChI is InChI=1S/C11H13F2NO4S/c12-9-3-4-10(13)8(6-9)7-14-19(17,18)5-1-2-11(15)16/h3-4,6,14H,1-2,5,7H2,(H,15,16). The summed E-state index contributed by atoms with van der Waals surface area (Å²) in [6, 6.07) is 2.73. The molecule has 1 rings (SSSR count). The third kappa shape index (κ3) is 5.75. The van der Waals surface area contributed by atoms with Gasteiger partial charge in [0.2, 0.25) is 10.0 Å². The zero-order chi connectivity index (χ0) is 14.5. The van der Waals surface area contributed by atoms with Gasteiger partial charge in [0.15, 0.2) is 0 Å². The summed E-state index contributed by atoms with van der Waals surface area (Å²) in [6.45, 7) is -0.376. The van der Waals surface area contributed by atoms with Crippen LogP contribution in [0.15, 0.2) is 18.2 Å². The first kappa shape index (κ1) is 15.5. The Morgan fingerprint density at radius 3 is 2.63 bits per heavy atom. The Kier molecular flexibility index (Phi) is 5.37. The topological polar surface area (TPSA) is 83.5 Å². The molecule has 106 valence electrons. The summed E-state index contributed by atoms with van der Waals surface area (Å²) >= 11 is 0. The summed E-state index contributed by atoms with van der Waals surface area (Å²) in [5, 5.41) is 8.38. The molecule has 0 bridgehead atoms. The molecule has 0 fully saturated rings. The van der Waals surface area contributed by atoms with Crippen LogP contribution in [0, 0.1) is 11.6 Å². The van der Waals surface area contributed by atoms with E-state index in [-0.39, 0.29) is 30.7 Å². The number of sulfonamides is 1. The van der Waals surface area contributed by atoms with Crippen molar-refractivity contribution in [3.8, 4) is 0 Å². The number of hydrogen-bond donors (Lipinski definition) is 2. The maximum atomic E-state index is 13.2. The number of aliphatic carboxylic acids is 1. The van der Waals surface area contributed by atoms with Crippen LogP contribution >= 0.6 is 0 Å². The van der Waals surface area contributed by atoms with Crippen LogP contribution in [0.1, 0.15) is 18.4 Å². The molecule has 0 radical (unpaired) electrons. The largest absolute Gasteiger partial charge is 0.481 e. The van der Waals surface area contributed by atoms with Gasteiger partial charge in [-0.05, 0) is 24.6 Å². The number of carboxylic acids is 1. The van der Waals surface area contributed by atoms with Crippen molar-refractivity contribution in [2.24, 2.45) is 0 Å². The van der Waals surface area contributed by atoms with Gasteiger partial charge in [-0.15, -0.1) is 0 Å². The maximum absolute atomic E-state index is 13.2. The van der Waals surface area contributed by atoms with Crippen LogP contribution in [0.3, 0.4) is 0 Å². The van der Waals surface area contributed by atoms with Gasteiger partial charge >= 0.3 is 5.97 Å². The zero-order valence-electron chi connectivity index (χ0n) is 9.90. The van der Waals surface area contributed by atoms with Crippen molar-refractivity contribution in [2.45, 2.75) is 19.4 Å². The lowest BCUT2D eigenvalue weighted by Crippen LogP contribution is -2.26. The SMILES string of the molecule is O=C(O)CCCS(=O)(=O)NCc1cc(F)ccc1F. The van der Waals surface area contributed by atoms with Crippen molar-refractivity contribution in [1.29, 1.82) is 0 Å². The lowest BCUT2D eigenvalue weighted by Gasteiger charge is -2.07. The van der Waals surface area contributed by atoms with Gasteiger partial charge in [0, 0.05) is 18.5 Å². The molecule has 1 aromatic rings. The van der Waals surface area contributed by atoms with Crippen LogP contribution in [0.2, 0.25) is 0 Å². The van der Waals surface area contributed by atoms with Crippen molar-refractivity contribution < 1.29 is 27.1 Å². The van der Waals surface area contributed by atoms with Crippen molar-refractivity contribution in [1.82, 2.24) is 4.72 Å². The number of nitrogens with one attached hydrogen (secondary N) is 1. The molecular weight excluding hydrogens is 280 g/mol. The molecule has 0 aliphatic carbocycles. The summed E-state index contributed by atoms with van der Waals surface area (Å²) in [6.07, 6.45) is -0.314. The molecule has 0 atom stereocenters. The molecule has 0 heterocycles. The van der Waals surface area contributed by atoms with Crippen LogP contribution in [0.5, 0.6) is 0 Å². The van der Waals surface area contributed by atoms with Crippen molar-refractivity contribution in [3.05, 3.63) is 35.4 Å². The first-order chi connectivity index (χ1) is 8.80. The number of carbonyl (C=O) groups is 1. The Bertz CT molecular complexity index is 560. The van der Waals surface area contributed by atoms with Crippen LogP contribution in [-0.2, 0) is 21.4 Å². The minimum Gasteiger partial charge on any atom is -0.481 e. The highest BCUT2D eigenvalue weighted by atomic mass is 32.2. The van der Waals surface area contributed by atoms with E-state index in [9.17, 15) is 22.0 Å². The van der Waals surface area contributed by atoms with Gasteiger partial charge < -0.3 is 5.11 Å². The quantitative estimate of drug-likeness (QED) is 0.792. The van der Waals surface area contributed by atoms with Gasteiger partial charge in [0.25, 0.3) is 0 Å². The number of rotatable bonds is 7. The molecule has 5 nitrogen and oxygen atoms in total. The van der Waals surface area contributed by atoms with Gasteiger partial charge in [-0.3, -0.25) is 4.79 Å². The Hall–Kier alpha value is -1.54. The van der Waals surface area contributed by atoms with E-state index < -0.39 is 27.6 Å². The van der Waals surface area contributed by atoms with E-state index in [0.29, 0.717) is 0 Å². The molecule has 2 N–H and O–H groups in total. The van der Waals surface area contributed by atoms with Gasteiger partial charge in [0.1, 0.15) is 11.6 Å². The van der Waals surface area contributed by atoms with Crippen LogP contribution in [-0.4, -0.2) is 25.2 Å². The molecule has 0 unspecified atom stereocenters. The second kappa shape index (κ2) is 6.58. The average molecular weight is 293 g/mol. The number of carboxylic acid groups (broad SMARTS) is 1. The van der Waals surface area contributed by atoms with Crippen LogP contribution in [0.4, 0.5) is 8.78 Å². The van der Waals surface area contributed by atoms with Gasteiger partial charge in [0.05, 0.1) is 5.75 Å². The van der Waals surface area contributed by atoms with E-state index >= 15 is 0 Å². The second-order valence-electron chi connectivity index (χ2n) is 3.87.